The van der Waals surface area contributed by atoms with E-state index in [-0.39, 0.29) is 0 Å². The zero-order chi connectivity index (χ0) is 39.1. The zero-order valence-electron chi connectivity index (χ0n) is 32.2. The standard InChI is InChI=1S/C52H39N5S/c1-58(2)47-29-17-15-27-45(47)57(46-28-16-18-30-48(46)58)52-44(51-55-49(38-23-11-5-12-24-38)54-50(56-51)39-25-13-6-14-26-39)34-43(35-53-52)42-32-40(36-19-7-3-8-20-36)31-41(33-42)37-21-9-4-10-22-37/h3-35H,1-2H3. The van der Waals surface area contributed by atoms with Gasteiger partial charge in [0.25, 0.3) is 0 Å². The van der Waals surface area contributed by atoms with Crippen LogP contribution >= 0.6 is 10.0 Å². The van der Waals surface area contributed by atoms with E-state index in [2.05, 4.69) is 151 Å². The highest BCUT2D eigenvalue weighted by Gasteiger charge is 2.35. The van der Waals surface area contributed by atoms with E-state index in [1.165, 1.54) is 9.79 Å². The Morgan fingerprint density at radius 1 is 0.362 bits per heavy atom. The van der Waals surface area contributed by atoms with Crippen molar-refractivity contribution in [3.8, 4) is 67.5 Å². The highest BCUT2D eigenvalue weighted by atomic mass is 32.3. The molecule has 0 unspecified atom stereocenters. The van der Waals surface area contributed by atoms with Crippen LogP contribution in [0.5, 0.6) is 0 Å². The summed E-state index contributed by atoms with van der Waals surface area (Å²) in [6.07, 6.45) is 6.77. The predicted molar refractivity (Wildman–Crippen MR) is 241 cm³/mol. The maximum absolute atomic E-state index is 5.45. The van der Waals surface area contributed by atoms with Gasteiger partial charge in [0, 0.05) is 32.7 Å². The number of anilines is 3. The molecule has 1 aliphatic rings. The SMILES string of the molecule is CS1(C)c2ccccc2N(c2ncc(-c3cc(-c4ccccc4)cc(-c4ccccc4)c3)cc2-c2nc(-c3ccccc3)nc(-c3ccccc3)n2)c2ccccc21. The summed E-state index contributed by atoms with van der Waals surface area (Å²) in [6.45, 7) is 0. The van der Waals surface area contributed by atoms with E-state index in [0.29, 0.717) is 17.5 Å². The maximum Gasteiger partial charge on any atom is 0.167 e. The number of hydrogen-bond acceptors (Lipinski definition) is 5. The summed E-state index contributed by atoms with van der Waals surface area (Å²) in [5, 5.41) is 0. The van der Waals surface area contributed by atoms with E-state index in [9.17, 15) is 0 Å². The van der Waals surface area contributed by atoms with Crippen molar-refractivity contribution in [2.45, 2.75) is 9.79 Å². The minimum absolute atomic E-state index is 0.548. The molecule has 0 fully saturated rings. The van der Waals surface area contributed by atoms with Crippen LogP contribution in [0.15, 0.2) is 210 Å². The summed E-state index contributed by atoms with van der Waals surface area (Å²) in [6, 6.07) is 67.9. The first kappa shape index (κ1) is 35.3. The number of nitrogens with zero attached hydrogens (tertiary/aromatic N) is 5. The molecule has 0 saturated carbocycles. The first-order valence-corrected chi connectivity index (χ1v) is 21.8. The van der Waals surface area contributed by atoms with Crippen LogP contribution in [-0.2, 0) is 0 Å². The van der Waals surface area contributed by atoms with E-state index in [1.54, 1.807) is 0 Å². The van der Waals surface area contributed by atoms with Crippen LogP contribution in [-0.4, -0.2) is 32.4 Å². The molecule has 2 aromatic heterocycles. The van der Waals surface area contributed by atoms with E-state index in [1.807, 2.05) is 66.9 Å². The molecule has 5 nitrogen and oxygen atoms in total. The van der Waals surface area contributed by atoms with E-state index >= 15 is 0 Å². The van der Waals surface area contributed by atoms with Crippen LogP contribution in [0.3, 0.4) is 0 Å². The number of rotatable bonds is 7. The van der Waals surface area contributed by atoms with E-state index < -0.39 is 10.0 Å². The normalized spacial score (nSPS) is 13.3. The van der Waals surface area contributed by atoms with Gasteiger partial charge in [-0.25, -0.2) is 19.9 Å². The van der Waals surface area contributed by atoms with Crippen molar-refractivity contribution >= 4 is 27.2 Å². The van der Waals surface area contributed by atoms with Gasteiger partial charge in [-0.15, -0.1) is 0 Å². The molecule has 0 N–H and O–H groups in total. The van der Waals surface area contributed by atoms with Crippen molar-refractivity contribution in [2.75, 3.05) is 17.4 Å². The lowest BCUT2D eigenvalue weighted by molar-refractivity contribution is 1.06. The molecule has 0 bridgehead atoms. The van der Waals surface area contributed by atoms with Gasteiger partial charge in [0.1, 0.15) is 5.82 Å². The van der Waals surface area contributed by atoms with Gasteiger partial charge >= 0.3 is 0 Å². The van der Waals surface area contributed by atoms with Crippen LogP contribution < -0.4 is 4.90 Å². The Morgan fingerprint density at radius 2 is 0.741 bits per heavy atom. The average molecular weight is 766 g/mol. The minimum Gasteiger partial charge on any atom is -0.292 e. The second-order valence-corrected chi connectivity index (χ2v) is 18.3. The monoisotopic (exact) mass is 765 g/mol. The summed E-state index contributed by atoms with van der Waals surface area (Å²) in [7, 11) is -1.33. The molecule has 9 aromatic rings. The molecule has 0 spiro atoms. The molecule has 58 heavy (non-hydrogen) atoms. The minimum atomic E-state index is -1.33. The Balaban J connectivity index is 1.26. The predicted octanol–water partition coefficient (Wildman–Crippen LogP) is 13.5. The third kappa shape index (κ3) is 6.43. The van der Waals surface area contributed by atoms with E-state index in [0.717, 1.165) is 67.3 Å². The molecule has 278 valence electrons. The Morgan fingerprint density at radius 3 is 1.21 bits per heavy atom. The van der Waals surface area contributed by atoms with Gasteiger partial charge in [-0.1, -0.05) is 146 Å². The highest BCUT2D eigenvalue weighted by Crippen LogP contribution is 2.67. The van der Waals surface area contributed by atoms with E-state index in [4.69, 9.17) is 19.9 Å². The van der Waals surface area contributed by atoms with Crippen molar-refractivity contribution in [2.24, 2.45) is 0 Å². The third-order valence-electron chi connectivity index (χ3n) is 10.8. The van der Waals surface area contributed by atoms with Crippen molar-refractivity contribution in [3.63, 3.8) is 0 Å². The van der Waals surface area contributed by atoms with Crippen LogP contribution in [0.2, 0.25) is 0 Å². The average Bonchev–Trinajstić information content (AvgIpc) is 3.30. The number of fused-ring (bicyclic) bond motifs is 2. The molecule has 0 saturated heterocycles. The topological polar surface area (TPSA) is 54.8 Å². The van der Waals surface area contributed by atoms with Gasteiger partial charge in [0.2, 0.25) is 0 Å². The number of hydrogen-bond donors (Lipinski definition) is 0. The highest BCUT2D eigenvalue weighted by molar-refractivity contribution is 8.33. The fourth-order valence-electron chi connectivity index (χ4n) is 7.90. The van der Waals surface area contributed by atoms with Crippen LogP contribution in [0.4, 0.5) is 17.2 Å². The largest absolute Gasteiger partial charge is 0.292 e. The Hall–Kier alpha value is -7.15. The second kappa shape index (κ2) is 14.7. The molecular weight excluding hydrogens is 727 g/mol. The van der Waals surface area contributed by atoms with Gasteiger partial charge in [0.15, 0.2) is 17.5 Å². The molecule has 1 aliphatic heterocycles. The summed E-state index contributed by atoms with van der Waals surface area (Å²) in [5.74, 6) is 2.50. The van der Waals surface area contributed by atoms with Crippen molar-refractivity contribution < 1.29 is 0 Å². The second-order valence-electron chi connectivity index (χ2n) is 14.8. The number of benzene rings is 7. The van der Waals surface area contributed by atoms with Gasteiger partial charge in [-0.3, -0.25) is 4.90 Å². The fourth-order valence-corrected chi connectivity index (χ4v) is 10.3. The lowest BCUT2D eigenvalue weighted by atomic mass is 9.93. The molecule has 0 radical (unpaired) electrons. The smallest absolute Gasteiger partial charge is 0.167 e. The first-order valence-electron chi connectivity index (χ1n) is 19.4. The van der Waals surface area contributed by atoms with Crippen LogP contribution in [0.1, 0.15) is 0 Å². The quantitative estimate of drug-likeness (QED) is 0.162. The summed E-state index contributed by atoms with van der Waals surface area (Å²) < 4.78 is 0. The van der Waals surface area contributed by atoms with Gasteiger partial charge in [0.05, 0.1) is 16.9 Å². The van der Waals surface area contributed by atoms with Gasteiger partial charge in [-0.2, -0.15) is 10.0 Å². The van der Waals surface area contributed by atoms with Gasteiger partial charge in [-0.05, 0) is 88.9 Å². The summed E-state index contributed by atoms with van der Waals surface area (Å²) in [4.78, 5) is 26.0. The number of aromatic nitrogens is 4. The molecule has 3 heterocycles. The van der Waals surface area contributed by atoms with Crippen LogP contribution in [0.25, 0.3) is 67.5 Å². The van der Waals surface area contributed by atoms with Crippen molar-refractivity contribution in [3.05, 3.63) is 200 Å². The maximum atomic E-state index is 5.45. The van der Waals surface area contributed by atoms with Crippen molar-refractivity contribution in [1.82, 2.24) is 19.9 Å². The molecule has 0 aliphatic carbocycles. The lowest BCUT2D eigenvalue weighted by Gasteiger charge is -2.44. The first-order chi connectivity index (χ1) is 28.5. The Bertz CT molecular complexity index is 2750. The molecular formula is C52H39N5S. The molecule has 0 atom stereocenters. The summed E-state index contributed by atoms with van der Waals surface area (Å²) in [5.41, 5.74) is 11.4. The Kier molecular flexibility index (Phi) is 8.96. The molecule has 10 rings (SSSR count). The van der Waals surface area contributed by atoms with Gasteiger partial charge < -0.3 is 0 Å². The molecule has 0 amide bonds. The zero-order valence-corrected chi connectivity index (χ0v) is 33.0. The van der Waals surface area contributed by atoms with Crippen LogP contribution in [0, 0.1) is 0 Å². The molecule has 6 heteroatoms. The lowest BCUT2D eigenvalue weighted by Crippen LogP contribution is -2.21. The van der Waals surface area contributed by atoms with Crippen molar-refractivity contribution in [1.29, 1.82) is 0 Å². The Labute approximate surface area is 340 Å². The number of pyridine rings is 1. The number of para-hydroxylation sites is 2. The fraction of sp³-hybridized carbons (Fsp3) is 0.0385. The third-order valence-corrected chi connectivity index (χ3v) is 13.7. The molecule has 7 aromatic carbocycles. The summed E-state index contributed by atoms with van der Waals surface area (Å²) >= 11 is 0.